The van der Waals surface area contributed by atoms with Gasteiger partial charge in [0, 0.05) is 12.5 Å². The second-order valence-electron chi connectivity index (χ2n) is 5.94. The summed E-state index contributed by atoms with van der Waals surface area (Å²) >= 11 is 0. The second kappa shape index (κ2) is 5.33. The molecule has 102 valence electrons. The normalized spacial score (nSPS) is 29.2. The molecule has 1 unspecified atom stereocenters. The lowest BCUT2D eigenvalue weighted by Gasteiger charge is -2.32. The van der Waals surface area contributed by atoms with Gasteiger partial charge in [0.05, 0.1) is 6.10 Å². The lowest BCUT2D eigenvalue weighted by atomic mass is 9.81. The van der Waals surface area contributed by atoms with Gasteiger partial charge in [-0.3, -0.25) is 4.79 Å². The predicted octanol–water partition coefficient (Wildman–Crippen LogP) is 1.68. The SMILES string of the molecule is O=C(NCC1CC(O)C1)C1CCc2ccccc2C1. The van der Waals surface area contributed by atoms with Crippen LogP contribution in [0, 0.1) is 11.8 Å². The molecule has 1 aromatic rings. The summed E-state index contributed by atoms with van der Waals surface area (Å²) in [5.74, 6) is 0.797. The van der Waals surface area contributed by atoms with Crippen LogP contribution in [0.4, 0.5) is 0 Å². The minimum absolute atomic E-state index is 0.125. The molecule has 1 atom stereocenters. The number of benzene rings is 1. The number of rotatable bonds is 3. The third kappa shape index (κ3) is 2.81. The number of aliphatic hydroxyl groups is 1. The molecule has 0 radical (unpaired) electrons. The number of nitrogens with one attached hydrogen (secondary N) is 1. The lowest BCUT2D eigenvalue weighted by molar-refractivity contribution is -0.125. The highest BCUT2D eigenvalue weighted by atomic mass is 16.3. The van der Waals surface area contributed by atoms with E-state index in [0.717, 1.165) is 38.6 Å². The van der Waals surface area contributed by atoms with Crippen LogP contribution in [0.5, 0.6) is 0 Å². The van der Waals surface area contributed by atoms with Crippen molar-refractivity contribution in [2.75, 3.05) is 6.54 Å². The fourth-order valence-electron chi connectivity index (χ4n) is 3.18. The first-order valence-corrected chi connectivity index (χ1v) is 7.25. The molecule has 0 aromatic heterocycles. The van der Waals surface area contributed by atoms with Crippen LogP contribution in [0.25, 0.3) is 0 Å². The number of carbonyl (C=O) groups is 1. The number of hydrogen-bond acceptors (Lipinski definition) is 2. The molecule has 3 heteroatoms. The van der Waals surface area contributed by atoms with Crippen LogP contribution in [0.15, 0.2) is 24.3 Å². The Morgan fingerprint density at radius 3 is 2.74 bits per heavy atom. The van der Waals surface area contributed by atoms with E-state index in [1.165, 1.54) is 11.1 Å². The maximum Gasteiger partial charge on any atom is 0.223 e. The zero-order valence-electron chi connectivity index (χ0n) is 11.1. The van der Waals surface area contributed by atoms with E-state index in [1.807, 2.05) is 0 Å². The van der Waals surface area contributed by atoms with Crippen molar-refractivity contribution in [2.24, 2.45) is 11.8 Å². The number of carbonyl (C=O) groups excluding carboxylic acids is 1. The second-order valence-corrected chi connectivity index (χ2v) is 5.94. The van der Waals surface area contributed by atoms with Gasteiger partial charge in [0.25, 0.3) is 0 Å². The van der Waals surface area contributed by atoms with E-state index in [1.54, 1.807) is 0 Å². The molecule has 3 rings (SSSR count). The predicted molar refractivity (Wildman–Crippen MR) is 73.7 cm³/mol. The number of hydrogen-bond donors (Lipinski definition) is 2. The van der Waals surface area contributed by atoms with E-state index in [9.17, 15) is 9.90 Å². The third-order valence-electron chi connectivity index (χ3n) is 4.49. The van der Waals surface area contributed by atoms with Crippen molar-refractivity contribution >= 4 is 5.91 Å². The van der Waals surface area contributed by atoms with Crippen LogP contribution >= 0.6 is 0 Å². The van der Waals surface area contributed by atoms with E-state index in [2.05, 4.69) is 29.6 Å². The molecule has 3 nitrogen and oxygen atoms in total. The first-order chi connectivity index (χ1) is 9.22. The van der Waals surface area contributed by atoms with Crippen molar-refractivity contribution in [1.29, 1.82) is 0 Å². The topological polar surface area (TPSA) is 49.3 Å². The molecule has 2 aliphatic carbocycles. The largest absolute Gasteiger partial charge is 0.393 e. The van der Waals surface area contributed by atoms with Crippen molar-refractivity contribution in [3.63, 3.8) is 0 Å². The fourth-order valence-corrected chi connectivity index (χ4v) is 3.18. The van der Waals surface area contributed by atoms with Gasteiger partial charge < -0.3 is 10.4 Å². The van der Waals surface area contributed by atoms with Crippen LogP contribution in [-0.2, 0) is 17.6 Å². The quantitative estimate of drug-likeness (QED) is 0.867. The monoisotopic (exact) mass is 259 g/mol. The molecular formula is C16H21NO2. The van der Waals surface area contributed by atoms with Gasteiger partial charge in [-0.05, 0) is 49.1 Å². The van der Waals surface area contributed by atoms with E-state index < -0.39 is 0 Å². The average molecular weight is 259 g/mol. The first-order valence-electron chi connectivity index (χ1n) is 7.25. The standard InChI is InChI=1S/C16H21NO2/c18-15-7-11(8-15)10-17-16(19)14-6-5-12-3-1-2-4-13(12)9-14/h1-4,11,14-15,18H,5-10H2,(H,17,19). The maximum absolute atomic E-state index is 12.2. The van der Waals surface area contributed by atoms with E-state index in [-0.39, 0.29) is 17.9 Å². The van der Waals surface area contributed by atoms with Gasteiger partial charge in [-0.15, -0.1) is 0 Å². The average Bonchev–Trinajstić information content (AvgIpc) is 2.41. The van der Waals surface area contributed by atoms with E-state index >= 15 is 0 Å². The van der Waals surface area contributed by atoms with Crippen LogP contribution in [0.2, 0.25) is 0 Å². The van der Waals surface area contributed by atoms with Crippen LogP contribution in [-0.4, -0.2) is 23.7 Å². The van der Waals surface area contributed by atoms with Gasteiger partial charge in [-0.25, -0.2) is 0 Å². The summed E-state index contributed by atoms with van der Waals surface area (Å²) in [6, 6.07) is 8.42. The molecule has 2 aliphatic rings. The minimum atomic E-state index is -0.136. The summed E-state index contributed by atoms with van der Waals surface area (Å²) in [7, 11) is 0. The Labute approximate surface area is 114 Å². The Kier molecular flexibility index (Phi) is 3.56. The Balaban J connectivity index is 1.51. The molecule has 1 aromatic carbocycles. The van der Waals surface area contributed by atoms with Crippen LogP contribution in [0.3, 0.4) is 0 Å². The Morgan fingerprint density at radius 2 is 2.00 bits per heavy atom. The number of fused-ring (bicyclic) bond motifs is 1. The van der Waals surface area contributed by atoms with Crippen molar-refractivity contribution in [1.82, 2.24) is 5.32 Å². The smallest absolute Gasteiger partial charge is 0.223 e. The van der Waals surface area contributed by atoms with Gasteiger partial charge in [0.2, 0.25) is 5.91 Å². The van der Waals surface area contributed by atoms with Gasteiger partial charge >= 0.3 is 0 Å². The molecule has 1 saturated carbocycles. The third-order valence-corrected chi connectivity index (χ3v) is 4.49. The maximum atomic E-state index is 12.2. The van der Waals surface area contributed by atoms with Crippen LogP contribution in [0.1, 0.15) is 30.4 Å². The Hall–Kier alpha value is -1.35. The zero-order valence-corrected chi connectivity index (χ0v) is 11.1. The first kappa shape index (κ1) is 12.7. The summed E-state index contributed by atoms with van der Waals surface area (Å²) in [6.45, 7) is 0.730. The molecule has 1 amide bonds. The summed E-state index contributed by atoms with van der Waals surface area (Å²) in [5, 5.41) is 12.3. The highest BCUT2D eigenvalue weighted by Crippen LogP contribution is 2.27. The van der Waals surface area contributed by atoms with E-state index in [0.29, 0.717) is 5.92 Å². The summed E-state index contributed by atoms with van der Waals surface area (Å²) < 4.78 is 0. The number of amides is 1. The summed E-state index contributed by atoms with van der Waals surface area (Å²) in [6.07, 6.45) is 4.38. The molecule has 0 heterocycles. The van der Waals surface area contributed by atoms with Crippen molar-refractivity contribution in [2.45, 2.75) is 38.2 Å². The molecular weight excluding hydrogens is 238 g/mol. The zero-order chi connectivity index (χ0) is 13.2. The van der Waals surface area contributed by atoms with Gasteiger partial charge in [0.1, 0.15) is 0 Å². The van der Waals surface area contributed by atoms with E-state index in [4.69, 9.17) is 0 Å². The number of aliphatic hydroxyl groups excluding tert-OH is 1. The highest BCUT2D eigenvalue weighted by Gasteiger charge is 2.29. The fraction of sp³-hybridized carbons (Fsp3) is 0.562. The molecule has 1 fully saturated rings. The van der Waals surface area contributed by atoms with Crippen molar-refractivity contribution in [3.05, 3.63) is 35.4 Å². The molecule has 0 spiro atoms. The van der Waals surface area contributed by atoms with Gasteiger partial charge in [0.15, 0.2) is 0 Å². The van der Waals surface area contributed by atoms with Crippen molar-refractivity contribution < 1.29 is 9.90 Å². The Morgan fingerprint density at radius 1 is 1.26 bits per heavy atom. The summed E-state index contributed by atoms with van der Waals surface area (Å²) in [5.41, 5.74) is 2.72. The lowest BCUT2D eigenvalue weighted by Crippen LogP contribution is -2.41. The molecule has 19 heavy (non-hydrogen) atoms. The van der Waals surface area contributed by atoms with Gasteiger partial charge in [-0.2, -0.15) is 0 Å². The van der Waals surface area contributed by atoms with Crippen molar-refractivity contribution in [3.8, 4) is 0 Å². The molecule has 0 bridgehead atoms. The van der Waals surface area contributed by atoms with Gasteiger partial charge in [-0.1, -0.05) is 24.3 Å². The highest BCUT2D eigenvalue weighted by molar-refractivity contribution is 5.79. The summed E-state index contributed by atoms with van der Waals surface area (Å²) in [4.78, 5) is 12.2. The molecule has 0 saturated heterocycles. The molecule has 0 aliphatic heterocycles. The minimum Gasteiger partial charge on any atom is -0.393 e. The van der Waals surface area contributed by atoms with Crippen LogP contribution < -0.4 is 5.32 Å². The number of aryl methyl sites for hydroxylation is 1. The molecule has 2 N–H and O–H groups in total. The Bertz CT molecular complexity index is 466.